The fourth-order valence-corrected chi connectivity index (χ4v) is 2.87. The zero-order chi connectivity index (χ0) is 17.8. The maximum atomic E-state index is 12.5. The summed E-state index contributed by atoms with van der Waals surface area (Å²) in [7, 11) is 1.61. The average molecular weight is 339 g/mol. The van der Waals surface area contributed by atoms with Crippen molar-refractivity contribution in [3.05, 3.63) is 64.6 Å². The highest BCUT2D eigenvalue weighted by Crippen LogP contribution is 2.13. The molecule has 6 nitrogen and oxygen atoms in total. The highest BCUT2D eigenvalue weighted by molar-refractivity contribution is 5.80. The van der Waals surface area contributed by atoms with E-state index in [0.29, 0.717) is 13.1 Å². The maximum absolute atomic E-state index is 12.5. The number of rotatable bonds is 6. The minimum absolute atomic E-state index is 0.00248. The van der Waals surface area contributed by atoms with E-state index in [0.717, 1.165) is 22.3 Å². The Morgan fingerprint density at radius 3 is 2.28 bits per heavy atom. The van der Waals surface area contributed by atoms with Crippen molar-refractivity contribution in [2.45, 2.75) is 26.6 Å². The Bertz CT molecular complexity index is 939. The van der Waals surface area contributed by atoms with E-state index < -0.39 is 0 Å². The van der Waals surface area contributed by atoms with Crippen molar-refractivity contribution in [2.75, 3.05) is 7.11 Å². The van der Waals surface area contributed by atoms with Gasteiger partial charge in [-0.1, -0.05) is 24.3 Å². The minimum atomic E-state index is -0.197. The Morgan fingerprint density at radius 2 is 1.68 bits per heavy atom. The molecule has 0 bridgehead atoms. The summed E-state index contributed by atoms with van der Waals surface area (Å²) in [4.78, 5) is 24.8. The Labute approximate surface area is 145 Å². The largest absolute Gasteiger partial charge is 0.497 e. The van der Waals surface area contributed by atoms with Crippen molar-refractivity contribution >= 4 is 16.9 Å². The van der Waals surface area contributed by atoms with E-state index in [4.69, 9.17) is 4.74 Å². The van der Waals surface area contributed by atoms with E-state index >= 15 is 0 Å². The number of nitrogens with one attached hydrogen (secondary N) is 1. The molecule has 1 N–H and O–H groups in total. The molecule has 0 fully saturated rings. The summed E-state index contributed by atoms with van der Waals surface area (Å²) >= 11 is 0. The molecule has 25 heavy (non-hydrogen) atoms. The molecule has 2 aromatic carbocycles. The van der Waals surface area contributed by atoms with Gasteiger partial charge in [-0.15, -0.1) is 0 Å². The summed E-state index contributed by atoms with van der Waals surface area (Å²) in [5.41, 5.74) is 2.42. The number of fused-ring (bicyclic) bond motifs is 1. The minimum Gasteiger partial charge on any atom is -0.497 e. The Kier molecular flexibility index (Phi) is 4.88. The number of hydrogen-bond acceptors (Lipinski definition) is 3. The predicted octanol–water partition coefficient (Wildman–Crippen LogP) is 2.15. The van der Waals surface area contributed by atoms with Crippen LogP contribution in [-0.2, 0) is 24.4 Å². The predicted molar refractivity (Wildman–Crippen MR) is 96.7 cm³/mol. The Hall–Kier alpha value is -3.02. The van der Waals surface area contributed by atoms with Gasteiger partial charge < -0.3 is 10.1 Å². The number of para-hydroxylation sites is 2. The van der Waals surface area contributed by atoms with E-state index in [2.05, 4.69) is 5.32 Å². The van der Waals surface area contributed by atoms with Gasteiger partial charge in [-0.3, -0.25) is 13.9 Å². The number of amides is 1. The smallest absolute Gasteiger partial charge is 0.329 e. The van der Waals surface area contributed by atoms with Crippen molar-refractivity contribution in [3.8, 4) is 5.75 Å². The van der Waals surface area contributed by atoms with Crippen LogP contribution in [0.5, 0.6) is 5.75 Å². The summed E-state index contributed by atoms with van der Waals surface area (Å²) in [6.45, 7) is 2.90. The van der Waals surface area contributed by atoms with Crippen LogP contribution in [0, 0.1) is 0 Å². The third-order valence-electron chi connectivity index (χ3n) is 4.19. The second-order valence-electron chi connectivity index (χ2n) is 5.73. The topological polar surface area (TPSA) is 65.3 Å². The summed E-state index contributed by atoms with van der Waals surface area (Å²) < 4.78 is 8.30. The van der Waals surface area contributed by atoms with Crippen molar-refractivity contribution in [1.82, 2.24) is 14.5 Å². The van der Waals surface area contributed by atoms with Crippen LogP contribution >= 0.6 is 0 Å². The monoisotopic (exact) mass is 339 g/mol. The van der Waals surface area contributed by atoms with Crippen molar-refractivity contribution in [1.29, 1.82) is 0 Å². The number of imidazole rings is 1. The quantitative estimate of drug-likeness (QED) is 0.748. The molecule has 0 aliphatic rings. The Balaban J connectivity index is 1.73. The fourth-order valence-electron chi connectivity index (χ4n) is 2.87. The normalized spacial score (nSPS) is 10.8. The van der Waals surface area contributed by atoms with Crippen molar-refractivity contribution in [2.24, 2.45) is 0 Å². The number of ether oxygens (including phenoxy) is 1. The van der Waals surface area contributed by atoms with E-state index in [9.17, 15) is 9.59 Å². The molecule has 6 heteroatoms. The lowest BCUT2D eigenvalue weighted by atomic mass is 10.2. The zero-order valence-corrected chi connectivity index (χ0v) is 14.4. The molecule has 0 atom stereocenters. The van der Waals surface area contributed by atoms with Gasteiger partial charge in [0.05, 0.1) is 18.1 Å². The maximum Gasteiger partial charge on any atom is 0.329 e. The van der Waals surface area contributed by atoms with Crippen LogP contribution in [0.25, 0.3) is 11.0 Å². The summed E-state index contributed by atoms with van der Waals surface area (Å²) in [6.07, 6.45) is 0. The van der Waals surface area contributed by atoms with E-state index in [1.807, 2.05) is 55.5 Å². The molecule has 3 aromatic rings. The van der Waals surface area contributed by atoms with Gasteiger partial charge in [-0.05, 0) is 36.8 Å². The fraction of sp³-hybridized carbons (Fsp3) is 0.263. The van der Waals surface area contributed by atoms with Crippen LogP contribution in [0.2, 0.25) is 0 Å². The van der Waals surface area contributed by atoms with Gasteiger partial charge in [-0.2, -0.15) is 0 Å². The summed E-state index contributed by atoms with van der Waals surface area (Å²) in [6, 6.07) is 15.0. The molecule has 130 valence electrons. The van der Waals surface area contributed by atoms with Crippen molar-refractivity contribution in [3.63, 3.8) is 0 Å². The molecule has 1 heterocycles. The first-order valence-electron chi connectivity index (χ1n) is 8.21. The SMILES string of the molecule is CCn1c(=O)n(CC(=O)NCc2ccc(OC)cc2)c2ccccc21. The first kappa shape index (κ1) is 16.8. The zero-order valence-electron chi connectivity index (χ0n) is 14.4. The molecule has 3 rings (SSSR count). The van der Waals surface area contributed by atoms with Crippen LogP contribution in [0.4, 0.5) is 0 Å². The molecule has 0 unspecified atom stereocenters. The van der Waals surface area contributed by atoms with E-state index in [1.165, 1.54) is 4.57 Å². The van der Waals surface area contributed by atoms with Crippen LogP contribution in [0.15, 0.2) is 53.3 Å². The van der Waals surface area contributed by atoms with Gasteiger partial charge in [0.15, 0.2) is 0 Å². The van der Waals surface area contributed by atoms with Crippen LogP contribution < -0.4 is 15.7 Å². The molecule has 0 spiro atoms. The van der Waals surface area contributed by atoms with Crippen LogP contribution in [0.1, 0.15) is 12.5 Å². The van der Waals surface area contributed by atoms with Gasteiger partial charge in [0, 0.05) is 13.1 Å². The molecule has 1 amide bonds. The number of carbonyl (C=O) groups is 1. The first-order valence-corrected chi connectivity index (χ1v) is 8.21. The molecular formula is C19H21N3O3. The number of aromatic nitrogens is 2. The number of nitrogens with zero attached hydrogens (tertiary/aromatic N) is 2. The van der Waals surface area contributed by atoms with Gasteiger partial charge in [0.25, 0.3) is 0 Å². The lowest BCUT2D eigenvalue weighted by Crippen LogP contribution is -2.32. The standard InChI is InChI=1S/C19H21N3O3/c1-3-21-16-6-4-5-7-17(16)22(19(21)24)13-18(23)20-12-14-8-10-15(25-2)11-9-14/h4-11H,3,12-13H2,1-2H3,(H,20,23). The third-order valence-corrected chi connectivity index (χ3v) is 4.19. The lowest BCUT2D eigenvalue weighted by molar-refractivity contribution is -0.121. The second-order valence-corrected chi connectivity index (χ2v) is 5.73. The number of hydrogen-bond donors (Lipinski definition) is 1. The van der Waals surface area contributed by atoms with Gasteiger partial charge in [0.1, 0.15) is 12.3 Å². The van der Waals surface area contributed by atoms with Gasteiger partial charge in [-0.25, -0.2) is 4.79 Å². The summed E-state index contributed by atoms with van der Waals surface area (Å²) in [5, 5.41) is 2.86. The van der Waals surface area contributed by atoms with E-state index in [1.54, 1.807) is 11.7 Å². The van der Waals surface area contributed by atoms with Crippen LogP contribution in [-0.4, -0.2) is 22.2 Å². The lowest BCUT2D eigenvalue weighted by Gasteiger charge is -2.07. The van der Waals surface area contributed by atoms with Gasteiger partial charge >= 0.3 is 5.69 Å². The molecule has 0 saturated heterocycles. The highest BCUT2D eigenvalue weighted by atomic mass is 16.5. The first-order chi connectivity index (χ1) is 12.1. The molecule has 0 saturated carbocycles. The highest BCUT2D eigenvalue weighted by Gasteiger charge is 2.14. The molecule has 0 aliphatic carbocycles. The number of benzene rings is 2. The molecule has 0 radical (unpaired) electrons. The van der Waals surface area contributed by atoms with Gasteiger partial charge in [0.2, 0.25) is 5.91 Å². The molecule has 1 aromatic heterocycles. The number of methoxy groups -OCH3 is 1. The average Bonchev–Trinajstić information content (AvgIpc) is 2.91. The van der Waals surface area contributed by atoms with Crippen molar-refractivity contribution < 1.29 is 9.53 Å². The second kappa shape index (κ2) is 7.25. The molecule has 0 aliphatic heterocycles. The summed E-state index contributed by atoms with van der Waals surface area (Å²) in [5.74, 6) is 0.575. The van der Waals surface area contributed by atoms with Crippen LogP contribution in [0.3, 0.4) is 0 Å². The third kappa shape index (κ3) is 3.42. The Morgan fingerprint density at radius 1 is 1.04 bits per heavy atom. The molecular weight excluding hydrogens is 318 g/mol. The van der Waals surface area contributed by atoms with E-state index in [-0.39, 0.29) is 18.1 Å². The number of carbonyl (C=O) groups excluding carboxylic acids is 1. The number of aryl methyl sites for hydroxylation is 1.